The summed E-state index contributed by atoms with van der Waals surface area (Å²) < 4.78 is 49.3. The van der Waals surface area contributed by atoms with E-state index in [-0.39, 0.29) is 34.5 Å². The van der Waals surface area contributed by atoms with Gasteiger partial charge in [-0.05, 0) is 18.6 Å². The van der Waals surface area contributed by atoms with E-state index in [2.05, 4.69) is 4.98 Å². The molecule has 0 radical (unpaired) electrons. The Kier molecular flexibility index (Phi) is 4.89. The highest BCUT2D eigenvalue weighted by Crippen LogP contribution is 2.24. The van der Waals surface area contributed by atoms with Crippen molar-refractivity contribution in [2.75, 3.05) is 24.7 Å². The molecule has 2 rings (SSSR count). The Morgan fingerprint density at radius 3 is 2.62 bits per heavy atom. The third kappa shape index (κ3) is 3.72. The fraction of sp³-hybridized carbons (Fsp3) is 0.545. The Morgan fingerprint density at radius 1 is 1.43 bits per heavy atom. The molecule has 2 heterocycles. The predicted octanol–water partition coefficient (Wildman–Crippen LogP) is -0.0949. The molecule has 0 aromatic carbocycles. The van der Waals surface area contributed by atoms with Gasteiger partial charge in [0.05, 0.1) is 18.1 Å². The van der Waals surface area contributed by atoms with E-state index >= 15 is 0 Å². The van der Waals surface area contributed by atoms with E-state index in [1.165, 1.54) is 12.1 Å². The predicted molar refractivity (Wildman–Crippen MR) is 77.3 cm³/mol. The van der Waals surface area contributed by atoms with E-state index < -0.39 is 32.5 Å². The first-order chi connectivity index (χ1) is 9.76. The zero-order valence-corrected chi connectivity index (χ0v) is 13.4. The highest BCUT2D eigenvalue weighted by atomic mass is 35.5. The summed E-state index contributed by atoms with van der Waals surface area (Å²) in [6.07, 6.45) is 1.34. The smallest absolute Gasteiger partial charge is 0.244 e. The van der Waals surface area contributed by atoms with Crippen LogP contribution in [0.15, 0.2) is 23.2 Å². The van der Waals surface area contributed by atoms with Gasteiger partial charge in [0.2, 0.25) is 10.0 Å². The van der Waals surface area contributed by atoms with E-state index in [0.29, 0.717) is 0 Å². The summed E-state index contributed by atoms with van der Waals surface area (Å²) in [5.74, 6) is -0.277. The van der Waals surface area contributed by atoms with Gasteiger partial charge in [-0.1, -0.05) is 11.6 Å². The van der Waals surface area contributed by atoms with Crippen LogP contribution in [0.4, 0.5) is 0 Å². The molecule has 1 saturated heterocycles. The first-order valence-corrected chi connectivity index (χ1v) is 9.85. The van der Waals surface area contributed by atoms with Crippen LogP contribution in [0.25, 0.3) is 0 Å². The second kappa shape index (κ2) is 6.17. The van der Waals surface area contributed by atoms with Gasteiger partial charge in [0.15, 0.2) is 9.84 Å². The van der Waals surface area contributed by atoms with Gasteiger partial charge < -0.3 is 5.11 Å². The lowest BCUT2D eigenvalue weighted by Gasteiger charge is -2.26. The minimum atomic E-state index is -3.93. The Morgan fingerprint density at radius 2 is 2.14 bits per heavy atom. The lowest BCUT2D eigenvalue weighted by Crippen LogP contribution is -2.42. The highest BCUT2D eigenvalue weighted by molar-refractivity contribution is 7.92. The number of aromatic nitrogens is 1. The topological polar surface area (TPSA) is 105 Å². The van der Waals surface area contributed by atoms with Gasteiger partial charge in [-0.15, -0.1) is 0 Å². The van der Waals surface area contributed by atoms with E-state index in [9.17, 15) is 16.8 Å². The van der Waals surface area contributed by atoms with Crippen molar-refractivity contribution in [2.24, 2.45) is 0 Å². The number of pyridine rings is 1. The average molecular weight is 355 g/mol. The van der Waals surface area contributed by atoms with Crippen LogP contribution in [0.1, 0.15) is 6.42 Å². The molecule has 0 aliphatic carbocycles. The van der Waals surface area contributed by atoms with E-state index in [1.54, 1.807) is 0 Å². The third-order valence-corrected chi connectivity index (χ3v) is 7.15. The molecule has 1 aliphatic heterocycles. The summed E-state index contributed by atoms with van der Waals surface area (Å²) in [4.78, 5) is 3.64. The first kappa shape index (κ1) is 16.6. The number of sulfone groups is 1. The van der Waals surface area contributed by atoms with Crippen LogP contribution in [0.5, 0.6) is 0 Å². The van der Waals surface area contributed by atoms with Gasteiger partial charge in [0, 0.05) is 18.8 Å². The zero-order chi connectivity index (χ0) is 15.7. The number of aliphatic hydroxyl groups excluding tert-OH is 1. The van der Waals surface area contributed by atoms with Gasteiger partial charge in [0.25, 0.3) is 0 Å². The molecule has 0 amide bonds. The monoisotopic (exact) mass is 354 g/mol. The Labute approximate surface area is 128 Å². The Bertz CT molecular complexity index is 703. The molecule has 1 N–H and O–H groups in total. The average Bonchev–Trinajstić information content (AvgIpc) is 2.76. The summed E-state index contributed by atoms with van der Waals surface area (Å²) in [6.45, 7) is -0.554. The van der Waals surface area contributed by atoms with Crippen LogP contribution in [-0.4, -0.2) is 61.9 Å². The van der Waals surface area contributed by atoms with Crippen molar-refractivity contribution in [2.45, 2.75) is 17.4 Å². The van der Waals surface area contributed by atoms with E-state index in [1.807, 2.05) is 0 Å². The van der Waals surface area contributed by atoms with Crippen molar-refractivity contribution < 1.29 is 21.9 Å². The van der Waals surface area contributed by atoms with Gasteiger partial charge in [0.1, 0.15) is 10.0 Å². The Balaban J connectivity index is 2.35. The van der Waals surface area contributed by atoms with Gasteiger partial charge >= 0.3 is 0 Å². The van der Waals surface area contributed by atoms with Crippen LogP contribution in [-0.2, 0) is 19.9 Å². The molecule has 7 nitrogen and oxygen atoms in total. The molecule has 1 aromatic heterocycles. The van der Waals surface area contributed by atoms with Gasteiger partial charge in [-0.2, -0.15) is 4.31 Å². The normalized spacial score (nSPS) is 21.8. The largest absolute Gasteiger partial charge is 0.395 e. The quantitative estimate of drug-likeness (QED) is 0.741. The number of hydrogen-bond acceptors (Lipinski definition) is 6. The number of hydrogen-bond donors (Lipinski definition) is 1. The lowest BCUT2D eigenvalue weighted by molar-refractivity contribution is 0.232. The molecule has 1 fully saturated rings. The molecular formula is C11H15ClN2O5S2. The standard InChI is InChI=1S/C11H15ClN2O5S2/c12-11-2-1-10(7-13-11)21(18,19)14(4-5-15)9-3-6-20(16,17)8-9/h1-2,7,9,15H,3-6,8H2. The molecule has 0 spiro atoms. The summed E-state index contributed by atoms with van der Waals surface area (Å²) in [5, 5.41) is 9.25. The molecule has 10 heteroatoms. The van der Waals surface area contributed by atoms with Crippen molar-refractivity contribution >= 4 is 31.5 Å². The lowest BCUT2D eigenvalue weighted by atomic mass is 10.3. The Hall–Kier alpha value is -0.740. The maximum Gasteiger partial charge on any atom is 0.244 e. The van der Waals surface area contributed by atoms with Crippen LogP contribution in [0, 0.1) is 0 Å². The third-order valence-electron chi connectivity index (χ3n) is 3.24. The van der Waals surface area contributed by atoms with Crippen molar-refractivity contribution in [1.29, 1.82) is 0 Å². The molecular weight excluding hydrogens is 340 g/mol. The maximum absolute atomic E-state index is 12.6. The first-order valence-electron chi connectivity index (χ1n) is 6.21. The SMILES string of the molecule is O=S1(=O)CCC(N(CCO)S(=O)(=O)c2ccc(Cl)nc2)C1. The van der Waals surface area contributed by atoms with Crippen LogP contribution in [0.2, 0.25) is 5.15 Å². The fourth-order valence-corrected chi connectivity index (χ4v) is 5.78. The molecule has 1 aliphatic rings. The zero-order valence-electron chi connectivity index (χ0n) is 11.0. The fourth-order valence-electron chi connectivity index (χ4n) is 2.25. The van der Waals surface area contributed by atoms with Gasteiger partial charge in [-0.3, -0.25) is 0 Å². The number of aliphatic hydroxyl groups is 1. The van der Waals surface area contributed by atoms with E-state index in [0.717, 1.165) is 10.5 Å². The number of halogens is 1. The summed E-state index contributed by atoms with van der Waals surface area (Å²) in [7, 11) is -7.16. The van der Waals surface area contributed by atoms with Crippen LogP contribution < -0.4 is 0 Å². The van der Waals surface area contributed by atoms with Crippen molar-refractivity contribution in [3.05, 3.63) is 23.5 Å². The van der Waals surface area contributed by atoms with Crippen molar-refractivity contribution in [3.63, 3.8) is 0 Å². The minimum absolute atomic E-state index is 0.0476. The molecule has 1 unspecified atom stereocenters. The number of rotatable bonds is 5. The summed E-state index contributed by atoms with van der Waals surface area (Å²) in [5.41, 5.74) is 0. The number of sulfonamides is 1. The molecule has 0 saturated carbocycles. The molecule has 1 aromatic rings. The van der Waals surface area contributed by atoms with Crippen molar-refractivity contribution in [1.82, 2.24) is 9.29 Å². The molecule has 0 bridgehead atoms. The van der Waals surface area contributed by atoms with Crippen molar-refractivity contribution in [3.8, 4) is 0 Å². The molecule has 118 valence electrons. The number of nitrogens with zero attached hydrogens (tertiary/aromatic N) is 2. The molecule has 21 heavy (non-hydrogen) atoms. The minimum Gasteiger partial charge on any atom is -0.395 e. The second-order valence-corrected chi connectivity index (χ2v) is 9.22. The van der Waals surface area contributed by atoms with Gasteiger partial charge in [-0.25, -0.2) is 21.8 Å². The summed E-state index contributed by atoms with van der Waals surface area (Å²) in [6, 6.07) is 1.98. The highest BCUT2D eigenvalue weighted by Gasteiger charge is 2.38. The summed E-state index contributed by atoms with van der Waals surface area (Å²) >= 11 is 5.63. The van der Waals surface area contributed by atoms with Crippen LogP contribution in [0.3, 0.4) is 0 Å². The molecule has 1 atom stereocenters. The maximum atomic E-state index is 12.6. The van der Waals surface area contributed by atoms with E-state index in [4.69, 9.17) is 16.7 Å². The second-order valence-electron chi connectivity index (χ2n) is 4.71. The van der Waals surface area contributed by atoms with Crippen LogP contribution >= 0.6 is 11.6 Å².